The number of aryl methyl sites for hydroxylation is 3. The Balaban J connectivity index is 2.37. The lowest BCUT2D eigenvalue weighted by atomic mass is 10.1. The fourth-order valence-corrected chi connectivity index (χ4v) is 2.22. The molecule has 5 nitrogen and oxygen atoms in total. The van der Waals surface area contributed by atoms with Crippen molar-refractivity contribution in [1.82, 2.24) is 9.55 Å². The predicted octanol–water partition coefficient (Wildman–Crippen LogP) is 2.06. The van der Waals surface area contributed by atoms with E-state index in [2.05, 4.69) is 4.98 Å². The van der Waals surface area contributed by atoms with Gasteiger partial charge >= 0.3 is 5.69 Å². The Bertz CT molecular complexity index is 748. The fourth-order valence-electron chi connectivity index (χ4n) is 2.22. The molecule has 0 unspecified atom stereocenters. The van der Waals surface area contributed by atoms with Crippen molar-refractivity contribution in [3.8, 4) is 5.75 Å². The monoisotopic (exact) mass is 286 g/mol. The SMILES string of the molecule is COc1cc(C)ccc1C(=O)Cn1c(C)cc(C)nc1=O. The van der Waals surface area contributed by atoms with Crippen LogP contribution in [0.2, 0.25) is 0 Å². The fraction of sp³-hybridized carbons (Fsp3) is 0.312. The molecule has 0 aliphatic carbocycles. The van der Waals surface area contributed by atoms with Gasteiger partial charge in [0.05, 0.1) is 19.2 Å². The van der Waals surface area contributed by atoms with Crippen molar-refractivity contribution in [3.05, 3.63) is 57.3 Å². The first-order chi connectivity index (χ1) is 9.92. The van der Waals surface area contributed by atoms with Crippen LogP contribution in [0.25, 0.3) is 0 Å². The zero-order valence-electron chi connectivity index (χ0n) is 12.6. The smallest absolute Gasteiger partial charge is 0.348 e. The Labute approximate surface area is 123 Å². The van der Waals surface area contributed by atoms with Gasteiger partial charge < -0.3 is 4.74 Å². The first-order valence-corrected chi connectivity index (χ1v) is 6.65. The van der Waals surface area contributed by atoms with Crippen LogP contribution >= 0.6 is 0 Å². The second-order valence-corrected chi connectivity index (χ2v) is 5.03. The zero-order chi connectivity index (χ0) is 15.6. The van der Waals surface area contributed by atoms with Crippen molar-refractivity contribution in [2.24, 2.45) is 0 Å². The number of rotatable bonds is 4. The summed E-state index contributed by atoms with van der Waals surface area (Å²) in [6.45, 7) is 5.42. The van der Waals surface area contributed by atoms with Crippen LogP contribution in [0.5, 0.6) is 5.75 Å². The maximum absolute atomic E-state index is 12.4. The molecule has 0 bridgehead atoms. The van der Waals surface area contributed by atoms with Crippen molar-refractivity contribution in [2.75, 3.05) is 7.11 Å². The quantitative estimate of drug-likeness (QED) is 0.807. The first kappa shape index (κ1) is 15.0. The molecule has 0 atom stereocenters. The van der Waals surface area contributed by atoms with E-state index in [1.807, 2.05) is 13.0 Å². The highest BCUT2D eigenvalue weighted by Crippen LogP contribution is 2.20. The van der Waals surface area contributed by atoms with Crippen molar-refractivity contribution >= 4 is 5.78 Å². The van der Waals surface area contributed by atoms with E-state index in [9.17, 15) is 9.59 Å². The second kappa shape index (κ2) is 5.91. The van der Waals surface area contributed by atoms with E-state index >= 15 is 0 Å². The number of benzene rings is 1. The van der Waals surface area contributed by atoms with Crippen molar-refractivity contribution < 1.29 is 9.53 Å². The lowest BCUT2D eigenvalue weighted by Gasteiger charge is -2.11. The lowest BCUT2D eigenvalue weighted by molar-refractivity contribution is 0.0966. The van der Waals surface area contributed by atoms with E-state index in [0.717, 1.165) is 5.56 Å². The van der Waals surface area contributed by atoms with Crippen molar-refractivity contribution in [3.63, 3.8) is 0 Å². The van der Waals surface area contributed by atoms with Crippen LogP contribution in [0.3, 0.4) is 0 Å². The summed E-state index contributed by atoms with van der Waals surface area (Å²) in [6.07, 6.45) is 0. The summed E-state index contributed by atoms with van der Waals surface area (Å²) in [6, 6.07) is 7.15. The maximum Gasteiger partial charge on any atom is 0.348 e. The minimum Gasteiger partial charge on any atom is -0.496 e. The molecule has 0 aliphatic rings. The third kappa shape index (κ3) is 3.18. The summed E-state index contributed by atoms with van der Waals surface area (Å²) in [7, 11) is 1.52. The van der Waals surface area contributed by atoms with Gasteiger partial charge in [0.1, 0.15) is 5.75 Å². The van der Waals surface area contributed by atoms with Crippen LogP contribution in [0, 0.1) is 20.8 Å². The van der Waals surface area contributed by atoms with Gasteiger partial charge in [0.2, 0.25) is 0 Å². The molecule has 2 aromatic rings. The van der Waals surface area contributed by atoms with Crippen molar-refractivity contribution in [1.29, 1.82) is 0 Å². The topological polar surface area (TPSA) is 61.2 Å². The average molecular weight is 286 g/mol. The molecule has 0 saturated heterocycles. The lowest BCUT2D eigenvalue weighted by Crippen LogP contribution is -2.29. The average Bonchev–Trinajstić information content (AvgIpc) is 2.42. The van der Waals surface area contributed by atoms with Crippen LogP contribution in [0.4, 0.5) is 0 Å². The standard InChI is InChI=1S/C16H18N2O3/c1-10-5-6-13(15(7-10)21-4)14(19)9-18-12(3)8-11(2)17-16(18)20/h5-8H,9H2,1-4H3. The van der Waals surface area contributed by atoms with Crippen LogP contribution in [0.1, 0.15) is 27.3 Å². The molecular formula is C16H18N2O3. The Morgan fingerprint density at radius 1 is 1.24 bits per heavy atom. The van der Waals surface area contributed by atoms with Gasteiger partial charge in [-0.25, -0.2) is 4.79 Å². The van der Waals surface area contributed by atoms with Crippen LogP contribution in [0.15, 0.2) is 29.1 Å². The van der Waals surface area contributed by atoms with Gasteiger partial charge in [-0.15, -0.1) is 0 Å². The molecule has 21 heavy (non-hydrogen) atoms. The van der Waals surface area contributed by atoms with E-state index in [-0.39, 0.29) is 12.3 Å². The second-order valence-electron chi connectivity index (χ2n) is 5.03. The van der Waals surface area contributed by atoms with Gasteiger partial charge in [0.25, 0.3) is 0 Å². The number of carbonyl (C=O) groups is 1. The van der Waals surface area contributed by atoms with Gasteiger partial charge in [-0.3, -0.25) is 9.36 Å². The Hall–Kier alpha value is -2.43. The Kier molecular flexibility index (Phi) is 4.21. The number of aromatic nitrogens is 2. The molecular weight excluding hydrogens is 268 g/mol. The summed E-state index contributed by atoms with van der Waals surface area (Å²) in [5.41, 5.74) is 2.43. The van der Waals surface area contributed by atoms with Gasteiger partial charge in [-0.2, -0.15) is 4.98 Å². The first-order valence-electron chi connectivity index (χ1n) is 6.65. The largest absolute Gasteiger partial charge is 0.496 e. The number of hydrogen-bond donors (Lipinski definition) is 0. The highest BCUT2D eigenvalue weighted by Gasteiger charge is 2.15. The van der Waals surface area contributed by atoms with E-state index in [0.29, 0.717) is 22.7 Å². The maximum atomic E-state index is 12.4. The zero-order valence-corrected chi connectivity index (χ0v) is 12.6. The highest BCUT2D eigenvalue weighted by molar-refractivity contribution is 5.98. The normalized spacial score (nSPS) is 10.5. The molecule has 5 heteroatoms. The van der Waals surface area contributed by atoms with Crippen LogP contribution < -0.4 is 10.4 Å². The molecule has 1 heterocycles. The molecule has 2 rings (SSSR count). The van der Waals surface area contributed by atoms with Crippen molar-refractivity contribution in [2.45, 2.75) is 27.3 Å². The number of hydrogen-bond acceptors (Lipinski definition) is 4. The molecule has 0 saturated carbocycles. The minimum absolute atomic E-state index is 0.0443. The summed E-state index contributed by atoms with van der Waals surface area (Å²) in [5.74, 6) is 0.341. The molecule has 0 aliphatic heterocycles. The summed E-state index contributed by atoms with van der Waals surface area (Å²) in [4.78, 5) is 28.2. The van der Waals surface area contributed by atoms with Gasteiger partial charge in [0.15, 0.2) is 5.78 Å². The Morgan fingerprint density at radius 3 is 2.57 bits per heavy atom. The van der Waals surface area contributed by atoms with Gasteiger partial charge in [0, 0.05) is 11.4 Å². The highest BCUT2D eigenvalue weighted by atomic mass is 16.5. The summed E-state index contributed by atoms with van der Waals surface area (Å²) < 4.78 is 6.61. The third-order valence-corrected chi connectivity index (χ3v) is 3.31. The third-order valence-electron chi connectivity index (χ3n) is 3.31. The number of ether oxygens (including phenoxy) is 1. The molecule has 1 aromatic heterocycles. The summed E-state index contributed by atoms with van der Waals surface area (Å²) in [5, 5.41) is 0. The van der Waals surface area contributed by atoms with E-state index in [4.69, 9.17) is 4.74 Å². The molecule has 0 spiro atoms. The number of ketones is 1. The van der Waals surface area contributed by atoms with Crippen LogP contribution in [-0.4, -0.2) is 22.4 Å². The molecule has 0 amide bonds. The molecule has 0 N–H and O–H groups in total. The van der Waals surface area contributed by atoms with E-state index in [1.165, 1.54) is 11.7 Å². The van der Waals surface area contributed by atoms with E-state index in [1.54, 1.807) is 32.0 Å². The number of carbonyl (C=O) groups excluding carboxylic acids is 1. The molecule has 0 radical (unpaired) electrons. The Morgan fingerprint density at radius 2 is 1.95 bits per heavy atom. The minimum atomic E-state index is -0.410. The van der Waals surface area contributed by atoms with Crippen LogP contribution in [-0.2, 0) is 6.54 Å². The molecule has 110 valence electrons. The summed E-state index contributed by atoms with van der Waals surface area (Å²) >= 11 is 0. The van der Waals surface area contributed by atoms with Gasteiger partial charge in [-0.05, 0) is 44.5 Å². The van der Waals surface area contributed by atoms with Gasteiger partial charge in [-0.1, -0.05) is 6.07 Å². The van der Waals surface area contributed by atoms with E-state index < -0.39 is 5.69 Å². The number of Topliss-reactive ketones (excluding diaryl/α,β-unsaturated/α-hetero) is 1. The molecule has 1 aromatic carbocycles. The number of nitrogens with zero attached hydrogens (tertiary/aromatic N) is 2. The predicted molar refractivity (Wildman–Crippen MR) is 80.0 cm³/mol. The molecule has 0 fully saturated rings. The number of methoxy groups -OCH3 is 1.